The third kappa shape index (κ3) is 4.71. The molecule has 172 valence electrons. The molecule has 7 nitrogen and oxygen atoms in total. The molecule has 1 aliphatic carbocycles. The number of nitrogens with zero attached hydrogens (tertiary/aromatic N) is 1. The minimum atomic E-state index is -0.745. The largest absolute Gasteiger partial charge is 0.393 e. The second-order valence-corrected chi connectivity index (χ2v) is 9.06. The quantitative estimate of drug-likeness (QED) is 0.465. The van der Waals surface area contributed by atoms with Crippen molar-refractivity contribution in [3.8, 4) is 0 Å². The molecule has 2 aromatic rings. The van der Waals surface area contributed by atoms with Crippen LogP contribution in [-0.2, 0) is 11.8 Å². The van der Waals surface area contributed by atoms with E-state index in [0.717, 1.165) is 6.07 Å². The number of rotatable bonds is 5. The highest BCUT2D eigenvalue weighted by atomic mass is 35.5. The fourth-order valence-electron chi connectivity index (χ4n) is 4.20. The van der Waals surface area contributed by atoms with Gasteiger partial charge in [-0.05, 0) is 70.2 Å². The molecule has 1 fully saturated rings. The number of nitrogens with one attached hydrogen (secondary N) is 2. The van der Waals surface area contributed by atoms with Crippen LogP contribution in [-0.4, -0.2) is 38.9 Å². The van der Waals surface area contributed by atoms with Gasteiger partial charge in [0.05, 0.1) is 22.4 Å². The van der Waals surface area contributed by atoms with Crippen molar-refractivity contribution in [2.45, 2.75) is 58.1 Å². The average Bonchev–Trinajstić information content (AvgIpc) is 2.95. The molecule has 9 heteroatoms. The number of hydrogen-bond donors (Lipinski definition) is 3. The van der Waals surface area contributed by atoms with Crippen molar-refractivity contribution < 1.29 is 23.9 Å². The Morgan fingerprint density at radius 1 is 1.22 bits per heavy atom. The summed E-state index contributed by atoms with van der Waals surface area (Å²) < 4.78 is 14.9. The van der Waals surface area contributed by atoms with Gasteiger partial charge in [0.25, 0.3) is 17.6 Å². The second-order valence-electron chi connectivity index (χ2n) is 8.65. The Morgan fingerprint density at radius 3 is 2.44 bits per heavy atom. The first-order valence-electron chi connectivity index (χ1n) is 10.4. The van der Waals surface area contributed by atoms with Gasteiger partial charge < -0.3 is 20.3 Å². The summed E-state index contributed by atoms with van der Waals surface area (Å²) in [6.07, 6.45) is 1.89. The van der Waals surface area contributed by atoms with Crippen LogP contribution in [0.25, 0.3) is 0 Å². The highest BCUT2D eigenvalue weighted by Crippen LogP contribution is 2.29. The van der Waals surface area contributed by atoms with Gasteiger partial charge in [0.1, 0.15) is 5.82 Å². The Hall–Kier alpha value is -2.71. The van der Waals surface area contributed by atoms with Crippen LogP contribution in [0.1, 0.15) is 64.7 Å². The molecule has 1 saturated carbocycles. The van der Waals surface area contributed by atoms with E-state index < -0.39 is 29.0 Å². The third-order valence-electron chi connectivity index (χ3n) is 6.23. The van der Waals surface area contributed by atoms with Gasteiger partial charge in [-0.1, -0.05) is 11.6 Å². The van der Waals surface area contributed by atoms with Crippen molar-refractivity contribution in [2.24, 2.45) is 7.05 Å². The highest BCUT2D eigenvalue weighted by molar-refractivity contribution is 6.43. The molecule has 2 amide bonds. The Balaban J connectivity index is 1.83. The molecule has 0 atom stereocenters. The van der Waals surface area contributed by atoms with E-state index >= 15 is 0 Å². The summed E-state index contributed by atoms with van der Waals surface area (Å²) in [6.45, 7) is 5.15. The van der Waals surface area contributed by atoms with Crippen LogP contribution in [0, 0.1) is 19.7 Å². The van der Waals surface area contributed by atoms with Gasteiger partial charge in [0.15, 0.2) is 0 Å². The molecule has 3 rings (SSSR count). The number of aliphatic hydroxyl groups excluding tert-OH is 1. The zero-order chi connectivity index (χ0) is 23.8. The summed E-state index contributed by atoms with van der Waals surface area (Å²) >= 11 is 5.78. The standard InChI is InChI=1S/C23H27ClFN3O4/c1-12-18(21(31)26-14-5-6-17(25)16(24)11-14)13(2)28(4)19(12)20(30)22(32)27-23(3)9-7-15(29)8-10-23/h5-6,11,15,29H,7-10H2,1-4H3,(H,26,31)(H,27,32). The number of halogens is 2. The number of aromatic nitrogens is 1. The molecule has 0 saturated heterocycles. The highest BCUT2D eigenvalue weighted by Gasteiger charge is 2.35. The SMILES string of the molecule is Cc1c(C(=O)Nc2ccc(F)c(Cl)c2)c(C)n(C)c1C(=O)C(=O)NC1(C)CCC(O)CC1. The predicted molar refractivity (Wildman–Crippen MR) is 120 cm³/mol. The van der Waals surface area contributed by atoms with Crippen molar-refractivity contribution in [1.82, 2.24) is 9.88 Å². The van der Waals surface area contributed by atoms with Crippen LogP contribution in [0.3, 0.4) is 0 Å². The first-order valence-corrected chi connectivity index (χ1v) is 10.8. The lowest BCUT2D eigenvalue weighted by Crippen LogP contribution is -2.51. The molecule has 32 heavy (non-hydrogen) atoms. The fraction of sp³-hybridized carbons (Fsp3) is 0.435. The lowest BCUT2D eigenvalue weighted by molar-refractivity contribution is -0.119. The molecule has 1 aromatic heterocycles. The van der Waals surface area contributed by atoms with Crippen molar-refractivity contribution in [2.75, 3.05) is 5.32 Å². The summed E-state index contributed by atoms with van der Waals surface area (Å²) in [6, 6.07) is 3.82. The molecular formula is C23H27ClFN3O4. The third-order valence-corrected chi connectivity index (χ3v) is 6.52. The summed E-state index contributed by atoms with van der Waals surface area (Å²) in [7, 11) is 1.62. The fourth-order valence-corrected chi connectivity index (χ4v) is 4.39. The van der Waals surface area contributed by atoms with E-state index in [-0.39, 0.29) is 22.4 Å². The molecule has 0 aliphatic heterocycles. The molecule has 3 N–H and O–H groups in total. The number of benzene rings is 1. The number of hydrogen-bond acceptors (Lipinski definition) is 4. The van der Waals surface area contributed by atoms with Crippen molar-refractivity contribution in [3.05, 3.63) is 51.6 Å². The Bertz CT molecular complexity index is 1090. The summed E-state index contributed by atoms with van der Waals surface area (Å²) in [4.78, 5) is 38.7. The van der Waals surface area contributed by atoms with E-state index in [1.165, 1.54) is 16.7 Å². The molecule has 0 bridgehead atoms. The summed E-state index contributed by atoms with van der Waals surface area (Å²) in [5, 5.41) is 15.1. The number of amides is 2. The molecule has 0 radical (unpaired) electrons. The maximum atomic E-state index is 13.4. The second kappa shape index (κ2) is 9.03. The van der Waals surface area contributed by atoms with Crippen molar-refractivity contribution >= 4 is 34.9 Å². The molecule has 0 unspecified atom stereocenters. The van der Waals surface area contributed by atoms with Gasteiger partial charge in [-0.2, -0.15) is 0 Å². The monoisotopic (exact) mass is 463 g/mol. The number of ketones is 1. The number of anilines is 1. The van der Waals surface area contributed by atoms with E-state index in [1.54, 1.807) is 20.9 Å². The van der Waals surface area contributed by atoms with Crippen molar-refractivity contribution in [1.29, 1.82) is 0 Å². The van der Waals surface area contributed by atoms with Crippen LogP contribution in [0.4, 0.5) is 10.1 Å². The molecular weight excluding hydrogens is 437 g/mol. The van der Waals surface area contributed by atoms with Gasteiger partial charge in [-0.25, -0.2) is 4.39 Å². The smallest absolute Gasteiger partial charge is 0.294 e. The Morgan fingerprint density at radius 2 is 1.84 bits per heavy atom. The minimum absolute atomic E-state index is 0.124. The van der Waals surface area contributed by atoms with Crippen LogP contribution < -0.4 is 10.6 Å². The Kier molecular flexibility index (Phi) is 6.76. The maximum Gasteiger partial charge on any atom is 0.294 e. The Labute approximate surface area is 190 Å². The lowest BCUT2D eigenvalue weighted by atomic mass is 9.82. The lowest BCUT2D eigenvalue weighted by Gasteiger charge is -2.36. The van der Waals surface area contributed by atoms with Crippen molar-refractivity contribution in [3.63, 3.8) is 0 Å². The van der Waals surface area contributed by atoms with Crippen LogP contribution in [0.5, 0.6) is 0 Å². The zero-order valence-electron chi connectivity index (χ0n) is 18.5. The number of carbonyl (C=O) groups excluding carboxylic acids is 3. The van der Waals surface area contributed by atoms with E-state index in [4.69, 9.17) is 11.6 Å². The average molecular weight is 464 g/mol. The molecule has 1 aromatic carbocycles. The zero-order valence-corrected chi connectivity index (χ0v) is 19.3. The van der Waals surface area contributed by atoms with Crippen LogP contribution in [0.2, 0.25) is 5.02 Å². The summed E-state index contributed by atoms with van der Waals surface area (Å²) in [5.74, 6) is -2.57. The number of Topliss-reactive ketones (excluding diaryl/α,β-unsaturated/α-hetero) is 1. The van der Waals surface area contributed by atoms with E-state index in [0.29, 0.717) is 42.6 Å². The minimum Gasteiger partial charge on any atom is -0.393 e. The van der Waals surface area contributed by atoms with Crippen LogP contribution >= 0.6 is 11.6 Å². The van der Waals surface area contributed by atoms with Crippen LogP contribution in [0.15, 0.2) is 18.2 Å². The maximum absolute atomic E-state index is 13.4. The number of aliphatic hydroxyl groups is 1. The van der Waals surface area contributed by atoms with Gasteiger partial charge in [0.2, 0.25) is 0 Å². The predicted octanol–water partition coefficient (Wildman–Crippen LogP) is 3.68. The first kappa shape index (κ1) is 23.9. The van der Waals surface area contributed by atoms with Gasteiger partial charge in [-0.3, -0.25) is 14.4 Å². The van der Waals surface area contributed by atoms with E-state index in [1.807, 2.05) is 6.92 Å². The van der Waals surface area contributed by atoms with Gasteiger partial charge >= 0.3 is 0 Å². The first-order chi connectivity index (χ1) is 14.9. The summed E-state index contributed by atoms with van der Waals surface area (Å²) in [5.41, 5.74) is 1.01. The van der Waals surface area contributed by atoms with Gasteiger partial charge in [0, 0.05) is 24.0 Å². The van der Waals surface area contributed by atoms with E-state index in [2.05, 4.69) is 10.6 Å². The topological polar surface area (TPSA) is 100 Å². The molecule has 0 spiro atoms. The molecule has 1 aliphatic rings. The van der Waals surface area contributed by atoms with Gasteiger partial charge in [-0.15, -0.1) is 0 Å². The number of carbonyl (C=O) groups is 3. The molecule has 1 heterocycles. The normalized spacial score (nSPS) is 20.7. The van der Waals surface area contributed by atoms with E-state index in [9.17, 15) is 23.9 Å².